The van der Waals surface area contributed by atoms with Crippen LogP contribution < -0.4 is 9.47 Å². The highest BCUT2D eigenvalue weighted by Gasteiger charge is 2.22. The highest BCUT2D eigenvalue weighted by atomic mass is 16.5. The van der Waals surface area contributed by atoms with Gasteiger partial charge in [-0.15, -0.1) is 0 Å². The van der Waals surface area contributed by atoms with Crippen LogP contribution in [0.15, 0.2) is 18.2 Å². The maximum atomic E-state index is 9.12. The summed E-state index contributed by atoms with van der Waals surface area (Å²) >= 11 is 0. The third-order valence-corrected chi connectivity index (χ3v) is 2.65. The van der Waals surface area contributed by atoms with Gasteiger partial charge in [-0.25, -0.2) is 0 Å². The molecule has 1 aliphatic heterocycles. The number of hydrogen-bond donors (Lipinski definition) is 1. The summed E-state index contributed by atoms with van der Waals surface area (Å²) in [5, 5.41) is 9.12. The molecule has 3 heteroatoms. The van der Waals surface area contributed by atoms with Gasteiger partial charge in [0.05, 0.1) is 12.7 Å². The SMILES string of the molecule is CC(C)Oc1cccc2c1O[C@@H](CO)CC2. The van der Waals surface area contributed by atoms with E-state index in [4.69, 9.17) is 14.6 Å². The molecule has 88 valence electrons. The zero-order valence-electron chi connectivity index (χ0n) is 9.77. The number of hydrogen-bond acceptors (Lipinski definition) is 3. The molecular formula is C13H18O3. The topological polar surface area (TPSA) is 38.7 Å². The van der Waals surface area contributed by atoms with Gasteiger partial charge in [-0.3, -0.25) is 0 Å². The molecule has 0 saturated heterocycles. The van der Waals surface area contributed by atoms with Crippen LogP contribution in [0.4, 0.5) is 0 Å². The number of ether oxygens (including phenoxy) is 2. The van der Waals surface area contributed by atoms with Gasteiger partial charge in [0.25, 0.3) is 0 Å². The van der Waals surface area contributed by atoms with Crippen molar-refractivity contribution in [3.05, 3.63) is 23.8 Å². The molecule has 0 unspecified atom stereocenters. The lowest BCUT2D eigenvalue weighted by atomic mass is 10.0. The first-order valence-corrected chi connectivity index (χ1v) is 5.76. The van der Waals surface area contributed by atoms with Crippen LogP contribution in [0.25, 0.3) is 0 Å². The number of para-hydroxylation sites is 1. The third kappa shape index (κ3) is 2.30. The van der Waals surface area contributed by atoms with Gasteiger partial charge in [0, 0.05) is 0 Å². The van der Waals surface area contributed by atoms with Gasteiger partial charge in [-0.1, -0.05) is 12.1 Å². The summed E-state index contributed by atoms with van der Waals surface area (Å²) in [4.78, 5) is 0. The molecule has 1 aromatic carbocycles. The Bertz CT molecular complexity index is 360. The number of aliphatic hydroxyl groups is 1. The number of benzene rings is 1. The minimum Gasteiger partial charge on any atom is -0.487 e. The van der Waals surface area contributed by atoms with Crippen LogP contribution in [-0.2, 0) is 6.42 Å². The smallest absolute Gasteiger partial charge is 0.164 e. The molecule has 0 saturated carbocycles. The predicted molar refractivity (Wildman–Crippen MR) is 62.0 cm³/mol. The molecule has 0 spiro atoms. The van der Waals surface area contributed by atoms with E-state index < -0.39 is 0 Å². The summed E-state index contributed by atoms with van der Waals surface area (Å²) in [5.41, 5.74) is 1.17. The molecule has 0 amide bonds. The minimum atomic E-state index is -0.0931. The number of aryl methyl sites for hydroxylation is 1. The van der Waals surface area contributed by atoms with Crippen molar-refractivity contribution in [2.75, 3.05) is 6.61 Å². The monoisotopic (exact) mass is 222 g/mol. The average Bonchev–Trinajstić information content (AvgIpc) is 2.28. The van der Waals surface area contributed by atoms with Crippen LogP contribution in [0.3, 0.4) is 0 Å². The predicted octanol–water partition coefficient (Wildman–Crippen LogP) is 2.16. The van der Waals surface area contributed by atoms with Crippen LogP contribution in [0.5, 0.6) is 11.5 Å². The molecule has 0 aromatic heterocycles. The number of rotatable bonds is 3. The van der Waals surface area contributed by atoms with E-state index in [1.165, 1.54) is 5.56 Å². The maximum Gasteiger partial charge on any atom is 0.164 e. The van der Waals surface area contributed by atoms with Crippen molar-refractivity contribution >= 4 is 0 Å². The van der Waals surface area contributed by atoms with E-state index in [0.717, 1.165) is 24.3 Å². The van der Waals surface area contributed by atoms with Gasteiger partial charge < -0.3 is 14.6 Å². The summed E-state index contributed by atoms with van der Waals surface area (Å²) in [7, 11) is 0. The lowest BCUT2D eigenvalue weighted by Crippen LogP contribution is -2.26. The van der Waals surface area contributed by atoms with Gasteiger partial charge >= 0.3 is 0 Å². The molecule has 3 nitrogen and oxygen atoms in total. The van der Waals surface area contributed by atoms with Crippen molar-refractivity contribution in [1.82, 2.24) is 0 Å². The van der Waals surface area contributed by atoms with E-state index in [1.54, 1.807) is 0 Å². The first-order chi connectivity index (χ1) is 7.70. The van der Waals surface area contributed by atoms with Crippen LogP contribution in [0.1, 0.15) is 25.8 Å². The van der Waals surface area contributed by atoms with Crippen molar-refractivity contribution in [3.8, 4) is 11.5 Å². The fourth-order valence-electron chi connectivity index (χ4n) is 1.91. The Balaban J connectivity index is 2.27. The van der Waals surface area contributed by atoms with E-state index in [1.807, 2.05) is 26.0 Å². The van der Waals surface area contributed by atoms with Crippen molar-refractivity contribution in [2.45, 2.75) is 38.9 Å². The standard InChI is InChI=1S/C13H18O3/c1-9(2)15-12-5-3-4-10-6-7-11(8-14)16-13(10)12/h3-5,9,11,14H,6-8H2,1-2H3/t11-/m1/s1. The van der Waals surface area contributed by atoms with Gasteiger partial charge in [-0.2, -0.15) is 0 Å². The largest absolute Gasteiger partial charge is 0.487 e. The molecule has 1 aliphatic rings. The Labute approximate surface area is 96.0 Å². The molecule has 0 bridgehead atoms. The highest BCUT2D eigenvalue weighted by molar-refractivity contribution is 5.48. The van der Waals surface area contributed by atoms with Crippen LogP contribution in [0, 0.1) is 0 Å². The molecular weight excluding hydrogens is 204 g/mol. The van der Waals surface area contributed by atoms with E-state index in [9.17, 15) is 0 Å². The van der Waals surface area contributed by atoms with Crippen LogP contribution in [0.2, 0.25) is 0 Å². The molecule has 1 atom stereocenters. The Morgan fingerprint density at radius 3 is 3.00 bits per heavy atom. The summed E-state index contributed by atoms with van der Waals surface area (Å²) < 4.78 is 11.4. The van der Waals surface area contributed by atoms with E-state index in [0.29, 0.717) is 0 Å². The second-order valence-electron chi connectivity index (χ2n) is 4.37. The summed E-state index contributed by atoms with van der Waals surface area (Å²) in [6.07, 6.45) is 1.85. The quantitative estimate of drug-likeness (QED) is 0.851. The maximum absolute atomic E-state index is 9.12. The lowest BCUT2D eigenvalue weighted by Gasteiger charge is -2.27. The minimum absolute atomic E-state index is 0.0649. The molecule has 0 fully saturated rings. The molecule has 0 aliphatic carbocycles. The Morgan fingerprint density at radius 2 is 2.31 bits per heavy atom. The zero-order valence-corrected chi connectivity index (χ0v) is 9.77. The van der Waals surface area contributed by atoms with Gasteiger partial charge in [0.15, 0.2) is 11.5 Å². The number of aliphatic hydroxyl groups excluding tert-OH is 1. The van der Waals surface area contributed by atoms with Gasteiger partial charge in [0.2, 0.25) is 0 Å². The van der Waals surface area contributed by atoms with Crippen molar-refractivity contribution in [1.29, 1.82) is 0 Å². The molecule has 1 aromatic rings. The zero-order chi connectivity index (χ0) is 11.5. The summed E-state index contributed by atoms with van der Waals surface area (Å²) in [5.74, 6) is 1.59. The second kappa shape index (κ2) is 4.74. The molecule has 2 rings (SSSR count). The Morgan fingerprint density at radius 1 is 1.50 bits per heavy atom. The van der Waals surface area contributed by atoms with E-state index in [-0.39, 0.29) is 18.8 Å². The molecule has 16 heavy (non-hydrogen) atoms. The fourth-order valence-corrected chi connectivity index (χ4v) is 1.91. The van der Waals surface area contributed by atoms with Crippen molar-refractivity contribution < 1.29 is 14.6 Å². The first-order valence-electron chi connectivity index (χ1n) is 5.76. The van der Waals surface area contributed by atoms with Crippen LogP contribution in [-0.4, -0.2) is 23.9 Å². The normalized spacial score (nSPS) is 19.1. The Kier molecular flexibility index (Phi) is 3.34. The molecule has 1 N–H and O–H groups in total. The number of fused-ring (bicyclic) bond motifs is 1. The molecule has 1 heterocycles. The van der Waals surface area contributed by atoms with E-state index >= 15 is 0 Å². The van der Waals surface area contributed by atoms with Gasteiger partial charge in [-0.05, 0) is 38.3 Å². The van der Waals surface area contributed by atoms with Gasteiger partial charge in [0.1, 0.15) is 6.10 Å². The molecule has 0 radical (unpaired) electrons. The summed E-state index contributed by atoms with van der Waals surface area (Å²) in [6, 6.07) is 5.95. The summed E-state index contributed by atoms with van der Waals surface area (Å²) in [6.45, 7) is 4.05. The lowest BCUT2D eigenvalue weighted by molar-refractivity contribution is 0.0913. The van der Waals surface area contributed by atoms with E-state index in [2.05, 4.69) is 6.07 Å². The first kappa shape index (κ1) is 11.3. The van der Waals surface area contributed by atoms with Crippen molar-refractivity contribution in [3.63, 3.8) is 0 Å². The third-order valence-electron chi connectivity index (χ3n) is 2.65. The second-order valence-corrected chi connectivity index (χ2v) is 4.37. The average molecular weight is 222 g/mol. The Hall–Kier alpha value is -1.22. The van der Waals surface area contributed by atoms with Crippen LogP contribution >= 0.6 is 0 Å². The fraction of sp³-hybridized carbons (Fsp3) is 0.538. The van der Waals surface area contributed by atoms with Crippen molar-refractivity contribution in [2.24, 2.45) is 0 Å². The highest BCUT2D eigenvalue weighted by Crippen LogP contribution is 2.36.